The number of rotatable bonds is 7. The van der Waals surface area contributed by atoms with Crippen LogP contribution in [0.2, 0.25) is 0 Å². The Kier molecular flexibility index (Phi) is 5.71. The summed E-state index contributed by atoms with van der Waals surface area (Å²) in [5, 5.41) is 2.96. The molecule has 4 rings (SSSR count). The number of nitroso groups, excluding NO2 is 1. The molecule has 160 valence electrons. The summed E-state index contributed by atoms with van der Waals surface area (Å²) >= 11 is 0. The van der Waals surface area contributed by atoms with Gasteiger partial charge in [-0.3, -0.25) is 9.69 Å². The average molecular weight is 440 g/mol. The molecular weight excluding hydrogens is 420 g/mol. The highest BCUT2D eigenvalue weighted by molar-refractivity contribution is 7.90. The number of benzene rings is 2. The van der Waals surface area contributed by atoms with Gasteiger partial charge in [-0.1, -0.05) is 18.2 Å². The first-order valence-electron chi connectivity index (χ1n) is 9.53. The van der Waals surface area contributed by atoms with E-state index in [0.29, 0.717) is 31.1 Å². The minimum atomic E-state index is -3.26. The number of ether oxygens (including phenoxy) is 1. The van der Waals surface area contributed by atoms with Crippen LogP contribution in [-0.2, 0) is 36.1 Å². The third-order valence-corrected chi connectivity index (χ3v) is 6.19. The molecule has 31 heavy (non-hydrogen) atoms. The second kappa shape index (κ2) is 8.44. The summed E-state index contributed by atoms with van der Waals surface area (Å²) in [6, 6.07) is 13.1. The molecule has 0 radical (unpaired) electrons. The van der Waals surface area contributed by atoms with Crippen LogP contribution in [0, 0.1) is 4.91 Å². The Morgan fingerprint density at radius 2 is 1.81 bits per heavy atom. The van der Waals surface area contributed by atoms with Crippen LogP contribution in [0.1, 0.15) is 22.5 Å². The summed E-state index contributed by atoms with van der Waals surface area (Å²) in [5.74, 6) is 0.596. The lowest BCUT2D eigenvalue weighted by Crippen LogP contribution is -2.17. The van der Waals surface area contributed by atoms with Crippen molar-refractivity contribution in [3.8, 4) is 5.75 Å². The quantitative estimate of drug-likeness (QED) is 0.517. The van der Waals surface area contributed by atoms with Gasteiger partial charge in [0.1, 0.15) is 24.3 Å². The third-order valence-electron chi connectivity index (χ3n) is 5.06. The van der Waals surface area contributed by atoms with Gasteiger partial charge in [0, 0.05) is 25.4 Å². The lowest BCUT2D eigenvalue weighted by molar-refractivity contribution is 0.241. The van der Waals surface area contributed by atoms with E-state index >= 15 is 0 Å². The zero-order chi connectivity index (χ0) is 22.0. The van der Waals surface area contributed by atoms with Crippen LogP contribution in [0.3, 0.4) is 0 Å². The van der Waals surface area contributed by atoms with Gasteiger partial charge in [0.25, 0.3) is 0 Å². The number of hydrogen-bond donors (Lipinski definition) is 0. The summed E-state index contributed by atoms with van der Waals surface area (Å²) in [6.45, 7) is 1.90. The van der Waals surface area contributed by atoms with Crippen molar-refractivity contribution >= 4 is 15.5 Å². The lowest BCUT2D eigenvalue weighted by Gasteiger charge is -2.14. The van der Waals surface area contributed by atoms with E-state index in [-0.39, 0.29) is 22.7 Å². The molecule has 1 aliphatic heterocycles. The molecular formula is C22H20N2O6S. The summed E-state index contributed by atoms with van der Waals surface area (Å²) in [4.78, 5) is 25.4. The minimum Gasteiger partial charge on any atom is -0.482 e. The second-order valence-corrected chi connectivity index (χ2v) is 9.48. The summed E-state index contributed by atoms with van der Waals surface area (Å²) < 4.78 is 34.1. The fourth-order valence-electron chi connectivity index (χ4n) is 3.46. The predicted octanol–water partition coefficient (Wildman–Crippen LogP) is 3.54. The highest BCUT2D eigenvalue weighted by Gasteiger charge is 2.20. The molecule has 0 bridgehead atoms. The molecule has 3 aromatic rings. The summed E-state index contributed by atoms with van der Waals surface area (Å²) in [7, 11) is -3.26. The lowest BCUT2D eigenvalue weighted by atomic mass is 10.1. The Labute approximate surface area is 179 Å². The largest absolute Gasteiger partial charge is 0.482 e. The maximum absolute atomic E-state index is 12.4. The molecule has 2 heterocycles. The fourth-order valence-corrected chi connectivity index (χ4v) is 4.09. The predicted molar refractivity (Wildman–Crippen MR) is 114 cm³/mol. The van der Waals surface area contributed by atoms with E-state index in [1.165, 1.54) is 24.5 Å². The highest BCUT2D eigenvalue weighted by Crippen LogP contribution is 2.28. The Bertz CT molecular complexity index is 1280. The van der Waals surface area contributed by atoms with E-state index in [0.717, 1.165) is 22.9 Å². The SMILES string of the molecule is CS(=O)(=O)c1ccc(COc2coc(CN3Cc4ccc(N=O)cc4C3)cc2=O)cc1. The summed E-state index contributed by atoms with van der Waals surface area (Å²) in [6.07, 6.45) is 2.44. The topological polar surface area (TPSA) is 106 Å². The van der Waals surface area contributed by atoms with Crippen molar-refractivity contribution in [2.45, 2.75) is 31.1 Å². The number of hydrogen-bond acceptors (Lipinski definition) is 8. The Hall–Kier alpha value is -3.30. The summed E-state index contributed by atoms with van der Waals surface area (Å²) in [5.41, 5.74) is 3.01. The van der Waals surface area contributed by atoms with Gasteiger partial charge in [0.05, 0.1) is 11.4 Å². The van der Waals surface area contributed by atoms with Crippen LogP contribution in [-0.4, -0.2) is 19.6 Å². The van der Waals surface area contributed by atoms with Gasteiger partial charge in [0.2, 0.25) is 11.2 Å². The maximum atomic E-state index is 12.4. The van der Waals surface area contributed by atoms with Crippen LogP contribution in [0.5, 0.6) is 5.75 Å². The molecule has 0 amide bonds. The fraction of sp³-hybridized carbons (Fsp3) is 0.227. The van der Waals surface area contributed by atoms with Gasteiger partial charge < -0.3 is 9.15 Å². The van der Waals surface area contributed by atoms with E-state index in [2.05, 4.69) is 10.1 Å². The smallest absolute Gasteiger partial charge is 0.227 e. The van der Waals surface area contributed by atoms with Gasteiger partial charge in [-0.2, -0.15) is 0 Å². The van der Waals surface area contributed by atoms with Crippen LogP contribution in [0.25, 0.3) is 0 Å². The Balaban J connectivity index is 1.37. The maximum Gasteiger partial charge on any atom is 0.227 e. The van der Waals surface area contributed by atoms with Gasteiger partial charge in [-0.15, -0.1) is 4.91 Å². The molecule has 0 fully saturated rings. The van der Waals surface area contributed by atoms with Crippen LogP contribution >= 0.6 is 0 Å². The second-order valence-electron chi connectivity index (χ2n) is 7.47. The van der Waals surface area contributed by atoms with E-state index in [1.807, 2.05) is 6.07 Å². The van der Waals surface area contributed by atoms with Crippen LogP contribution in [0.15, 0.2) is 74.1 Å². The zero-order valence-electron chi connectivity index (χ0n) is 16.8. The molecule has 0 saturated heterocycles. The number of nitrogens with zero attached hydrogens (tertiary/aromatic N) is 2. The van der Waals surface area contributed by atoms with Crippen molar-refractivity contribution in [2.75, 3.05) is 6.26 Å². The number of sulfone groups is 1. The molecule has 0 spiro atoms. The molecule has 9 heteroatoms. The highest BCUT2D eigenvalue weighted by atomic mass is 32.2. The normalized spacial score (nSPS) is 13.7. The van der Waals surface area contributed by atoms with E-state index < -0.39 is 9.84 Å². The molecule has 8 nitrogen and oxygen atoms in total. The standard InChI is InChI=1S/C22H20N2O6S/c1-31(27,28)20-6-2-15(3-7-20)13-30-22-14-29-19(9-21(22)25)12-24-10-16-4-5-18(23-26)8-17(16)11-24/h2-9,14H,10-13H2,1H3. The van der Waals surface area contributed by atoms with Gasteiger partial charge in [0.15, 0.2) is 9.84 Å². The molecule has 0 N–H and O–H groups in total. The van der Waals surface area contributed by atoms with Crippen molar-refractivity contribution in [3.05, 3.63) is 92.4 Å². The van der Waals surface area contributed by atoms with E-state index in [1.54, 1.807) is 24.3 Å². The third kappa shape index (κ3) is 4.89. The first kappa shape index (κ1) is 21.0. The Morgan fingerprint density at radius 1 is 1.06 bits per heavy atom. The van der Waals surface area contributed by atoms with Crippen LogP contribution in [0.4, 0.5) is 5.69 Å². The van der Waals surface area contributed by atoms with Gasteiger partial charge >= 0.3 is 0 Å². The minimum absolute atomic E-state index is 0.0855. The van der Waals surface area contributed by atoms with Gasteiger partial charge in [-0.05, 0) is 46.1 Å². The Morgan fingerprint density at radius 3 is 2.48 bits per heavy atom. The van der Waals surface area contributed by atoms with Crippen molar-refractivity contribution in [1.82, 2.24) is 4.90 Å². The first-order valence-corrected chi connectivity index (χ1v) is 11.4. The molecule has 1 aliphatic rings. The monoisotopic (exact) mass is 440 g/mol. The average Bonchev–Trinajstić information content (AvgIpc) is 3.14. The van der Waals surface area contributed by atoms with Crippen molar-refractivity contribution in [1.29, 1.82) is 0 Å². The number of fused-ring (bicyclic) bond motifs is 1. The first-order chi connectivity index (χ1) is 14.8. The van der Waals surface area contributed by atoms with Crippen LogP contribution < -0.4 is 10.2 Å². The molecule has 0 atom stereocenters. The van der Waals surface area contributed by atoms with Crippen molar-refractivity contribution in [3.63, 3.8) is 0 Å². The molecule has 0 saturated carbocycles. The van der Waals surface area contributed by atoms with Crippen molar-refractivity contribution < 1.29 is 17.6 Å². The molecule has 0 aliphatic carbocycles. The zero-order valence-corrected chi connectivity index (χ0v) is 17.6. The molecule has 0 unspecified atom stereocenters. The van der Waals surface area contributed by atoms with E-state index in [4.69, 9.17) is 9.15 Å². The molecule has 1 aromatic heterocycles. The van der Waals surface area contributed by atoms with Crippen molar-refractivity contribution in [2.24, 2.45) is 5.18 Å². The van der Waals surface area contributed by atoms with Gasteiger partial charge in [-0.25, -0.2) is 8.42 Å². The molecule has 2 aromatic carbocycles. The van der Waals surface area contributed by atoms with E-state index in [9.17, 15) is 18.1 Å².